The number of rotatable bonds is 6. The van der Waals surface area contributed by atoms with Crippen LogP contribution in [0, 0.1) is 0 Å². The molecule has 5 rings (SSSR count). The minimum absolute atomic E-state index is 0.180. The molecule has 0 radical (unpaired) electrons. The van der Waals surface area contributed by atoms with Gasteiger partial charge in [-0.15, -0.1) is 0 Å². The van der Waals surface area contributed by atoms with E-state index in [9.17, 15) is 25.9 Å². The summed E-state index contributed by atoms with van der Waals surface area (Å²) >= 11 is 0. The maximum atomic E-state index is 11.2. The minimum atomic E-state index is -4.36. The van der Waals surface area contributed by atoms with Crippen molar-refractivity contribution >= 4 is 48.1 Å². The van der Waals surface area contributed by atoms with E-state index < -0.39 is 32.0 Å². The van der Waals surface area contributed by atoms with Crippen molar-refractivity contribution in [1.29, 1.82) is 0 Å². The zero-order chi connectivity index (χ0) is 29.5. The second-order valence-corrected chi connectivity index (χ2v) is 13.9. The summed E-state index contributed by atoms with van der Waals surface area (Å²) < 4.78 is 68.3. The molecule has 40 heavy (non-hydrogen) atoms. The summed E-state index contributed by atoms with van der Waals surface area (Å²) in [5.74, 6) is -1.04. The van der Waals surface area contributed by atoms with Gasteiger partial charge in [-0.2, -0.15) is 4.58 Å². The molecule has 0 fully saturated rings. The summed E-state index contributed by atoms with van der Waals surface area (Å²) in [5, 5.41) is 2.26. The van der Waals surface area contributed by atoms with E-state index in [1.165, 1.54) is 0 Å². The summed E-state index contributed by atoms with van der Waals surface area (Å²) in [6, 6.07) is 19.5. The third kappa shape index (κ3) is 6.05. The average molecular weight is 582 g/mol. The molecule has 0 amide bonds. The molecule has 3 aromatic rings. The quantitative estimate of drug-likeness (QED) is 0.234. The number of para-hydroxylation sites is 1. The second-order valence-electron chi connectivity index (χ2n) is 11.2. The third-order valence-corrected chi connectivity index (χ3v) is 8.50. The molecule has 2 aliphatic heterocycles. The van der Waals surface area contributed by atoms with Gasteiger partial charge in [0.2, 0.25) is 11.6 Å². The smallest absolute Gasteiger partial charge is 0.237 e. The van der Waals surface area contributed by atoms with E-state index in [1.54, 1.807) is 27.7 Å². The van der Waals surface area contributed by atoms with Crippen LogP contribution in [0.15, 0.2) is 85.5 Å². The number of anilines is 1. The fourth-order valence-electron chi connectivity index (χ4n) is 5.78. The lowest BCUT2D eigenvalue weighted by molar-refractivity contribution is -0.416. The van der Waals surface area contributed by atoms with Gasteiger partial charge in [-0.1, -0.05) is 81.1 Å². The summed E-state index contributed by atoms with van der Waals surface area (Å²) in [6.07, 6.45) is 5.17. The van der Waals surface area contributed by atoms with E-state index >= 15 is 0 Å². The van der Waals surface area contributed by atoms with Crippen LogP contribution in [-0.2, 0) is 31.1 Å². The number of hydrogen-bond acceptors (Lipinski definition) is 7. The first-order valence-electron chi connectivity index (χ1n) is 12.7. The van der Waals surface area contributed by atoms with Crippen molar-refractivity contribution in [3.8, 4) is 0 Å². The van der Waals surface area contributed by atoms with E-state index in [1.807, 2.05) is 74.5 Å². The number of hydrogen-bond donors (Lipinski definition) is 0. The highest BCUT2D eigenvalue weighted by molar-refractivity contribution is 7.85. The van der Waals surface area contributed by atoms with Crippen molar-refractivity contribution in [1.82, 2.24) is 0 Å². The molecule has 2 aliphatic rings. The number of benzene rings is 3. The van der Waals surface area contributed by atoms with Gasteiger partial charge in [0.05, 0.1) is 5.41 Å². The van der Waals surface area contributed by atoms with Gasteiger partial charge < -0.3 is 14.0 Å². The monoisotopic (exact) mass is 581 g/mol. The Kier molecular flexibility index (Phi) is 7.85. The van der Waals surface area contributed by atoms with Gasteiger partial charge >= 0.3 is 0 Å². The van der Waals surface area contributed by atoms with Gasteiger partial charge in [0.1, 0.15) is 16.0 Å². The first-order valence-corrected chi connectivity index (χ1v) is 15.9. The van der Waals surface area contributed by atoms with Gasteiger partial charge in [0.25, 0.3) is 0 Å². The molecule has 0 bridgehead atoms. The Hall–Kier alpha value is -3.31. The summed E-state index contributed by atoms with van der Waals surface area (Å²) in [5.41, 5.74) is 3.99. The molecule has 0 saturated carbocycles. The SMILES string of the molecule is C=CC=CC1=[N+](CS(=O)(=O)[O-])c2ccccc2C1(C)C.CC1(C)CN(CS(=O)(=O)[O-])c2ccc3ccccc3c21. The predicted octanol–water partition coefficient (Wildman–Crippen LogP) is 4.75. The molecule has 8 nitrogen and oxygen atoms in total. The second kappa shape index (κ2) is 10.6. The topological polar surface area (TPSA) is 121 Å². The Morgan fingerprint density at radius 2 is 1.57 bits per heavy atom. The van der Waals surface area contributed by atoms with Crippen LogP contribution in [0.25, 0.3) is 10.8 Å². The third-order valence-electron chi connectivity index (χ3n) is 7.30. The molecule has 0 unspecified atom stereocenters. The highest BCUT2D eigenvalue weighted by Crippen LogP contribution is 2.44. The van der Waals surface area contributed by atoms with Crippen molar-refractivity contribution in [3.05, 3.63) is 96.6 Å². The molecular formula is C30H33N2O6S2-. The molecule has 0 aliphatic carbocycles. The van der Waals surface area contributed by atoms with Gasteiger partial charge in [-0.25, -0.2) is 16.8 Å². The highest BCUT2D eigenvalue weighted by atomic mass is 32.2. The first kappa shape index (κ1) is 29.7. The molecule has 3 aromatic carbocycles. The average Bonchev–Trinajstić information content (AvgIpc) is 3.22. The van der Waals surface area contributed by atoms with Crippen LogP contribution >= 0.6 is 0 Å². The zero-order valence-electron chi connectivity index (χ0n) is 23.0. The maximum absolute atomic E-state index is 11.2. The van der Waals surface area contributed by atoms with Crippen molar-refractivity contribution in [2.24, 2.45) is 0 Å². The molecule has 0 aromatic heterocycles. The standard InChI is InChI=1S/2C15H17NO3S/c1-15(2)9-16(10-20(17,18)19)13-8-7-11-5-3-4-6-12(11)14(13)15;1-4-5-10-14-15(2,3)12-8-6-7-9-13(12)16(14)11-20(17,18)19/h3-8H,9-10H2,1-2H3,(H,17,18,19);4-10H,1,11H2,2-3H3/p-1. The van der Waals surface area contributed by atoms with E-state index in [0.717, 1.165) is 39.0 Å². The lowest BCUT2D eigenvalue weighted by atomic mass is 9.81. The Labute approximate surface area is 236 Å². The van der Waals surface area contributed by atoms with E-state index in [0.29, 0.717) is 6.54 Å². The fourth-order valence-corrected chi connectivity index (χ4v) is 6.99. The predicted molar refractivity (Wildman–Crippen MR) is 157 cm³/mol. The van der Waals surface area contributed by atoms with Gasteiger partial charge in [0, 0.05) is 35.4 Å². The molecule has 0 N–H and O–H groups in total. The maximum Gasteiger partial charge on any atom is 0.237 e. The van der Waals surface area contributed by atoms with Crippen LogP contribution in [0.3, 0.4) is 0 Å². The molecule has 0 saturated heterocycles. The normalized spacial score (nSPS) is 17.5. The number of allylic oxidation sites excluding steroid dienone is 3. The molecular weight excluding hydrogens is 548 g/mol. The number of nitrogens with zero attached hydrogens (tertiary/aromatic N) is 2. The van der Waals surface area contributed by atoms with Crippen LogP contribution in [0.5, 0.6) is 0 Å². The van der Waals surface area contributed by atoms with Crippen LogP contribution in [-0.4, -0.2) is 54.5 Å². The van der Waals surface area contributed by atoms with E-state index in [2.05, 4.69) is 20.4 Å². The summed E-state index contributed by atoms with van der Waals surface area (Å²) in [4.78, 5) is 1.67. The van der Waals surface area contributed by atoms with E-state index in [4.69, 9.17) is 0 Å². The number of fused-ring (bicyclic) bond motifs is 4. The summed E-state index contributed by atoms with van der Waals surface area (Å²) in [6.45, 7) is 12.3. The molecule has 0 atom stereocenters. The lowest BCUT2D eigenvalue weighted by Gasteiger charge is -2.23. The van der Waals surface area contributed by atoms with Gasteiger partial charge in [-0.3, -0.25) is 0 Å². The van der Waals surface area contributed by atoms with Crippen molar-refractivity contribution in [3.63, 3.8) is 0 Å². The Morgan fingerprint density at radius 1 is 0.925 bits per heavy atom. The van der Waals surface area contributed by atoms with Crippen molar-refractivity contribution < 1.29 is 30.5 Å². The Morgan fingerprint density at radius 3 is 2.23 bits per heavy atom. The Bertz CT molecular complexity index is 1750. The molecule has 212 valence electrons. The van der Waals surface area contributed by atoms with Gasteiger partial charge in [0.15, 0.2) is 15.8 Å². The lowest BCUT2D eigenvalue weighted by Crippen LogP contribution is -2.32. The molecule has 0 spiro atoms. The van der Waals surface area contributed by atoms with Crippen molar-refractivity contribution in [2.45, 2.75) is 38.5 Å². The summed E-state index contributed by atoms with van der Waals surface area (Å²) in [7, 11) is -8.64. The zero-order valence-corrected chi connectivity index (χ0v) is 24.6. The highest BCUT2D eigenvalue weighted by Gasteiger charge is 2.44. The van der Waals surface area contributed by atoms with Crippen LogP contribution < -0.4 is 4.90 Å². The van der Waals surface area contributed by atoms with Crippen LogP contribution in [0.4, 0.5) is 11.4 Å². The molecule has 2 heterocycles. The molecule has 10 heteroatoms. The minimum Gasteiger partial charge on any atom is -0.747 e. The van der Waals surface area contributed by atoms with Crippen LogP contribution in [0.1, 0.15) is 38.8 Å². The Balaban J connectivity index is 0.000000185. The largest absolute Gasteiger partial charge is 0.747 e. The fraction of sp³-hybridized carbons (Fsp3) is 0.300. The van der Waals surface area contributed by atoms with Crippen molar-refractivity contribution in [2.75, 3.05) is 23.2 Å². The first-order chi connectivity index (χ1) is 18.5. The van der Waals surface area contributed by atoms with Crippen LogP contribution in [0.2, 0.25) is 0 Å². The van der Waals surface area contributed by atoms with Gasteiger partial charge in [-0.05, 0) is 36.2 Å². The van der Waals surface area contributed by atoms with E-state index in [-0.39, 0.29) is 10.8 Å².